The van der Waals surface area contributed by atoms with E-state index in [0.717, 1.165) is 5.56 Å². The minimum absolute atomic E-state index is 0.00248. The molecule has 5 nitrogen and oxygen atoms in total. The molecule has 2 rings (SSSR count). The smallest absolute Gasteiger partial charge is 0.246 e. The fourth-order valence-corrected chi connectivity index (χ4v) is 2.25. The van der Waals surface area contributed by atoms with Crippen LogP contribution in [0.4, 0.5) is 0 Å². The van der Waals surface area contributed by atoms with E-state index in [1.165, 1.54) is 0 Å². The summed E-state index contributed by atoms with van der Waals surface area (Å²) in [6, 6.07) is 9.70. The lowest BCUT2D eigenvalue weighted by Gasteiger charge is -2.36. The first-order chi connectivity index (χ1) is 9.74. The highest BCUT2D eigenvalue weighted by Crippen LogP contribution is 2.19. The first kappa shape index (κ1) is 15.0. The minimum Gasteiger partial charge on any atom is -0.394 e. The highest BCUT2D eigenvalue weighted by atomic mass is 16.5. The number of hydrogen-bond donors (Lipinski definition) is 2. The molecule has 0 atom stereocenters. The second-order valence-electron chi connectivity index (χ2n) is 5.08. The lowest BCUT2D eigenvalue weighted by atomic mass is 9.91. The van der Waals surface area contributed by atoms with E-state index in [-0.39, 0.29) is 19.1 Å². The van der Waals surface area contributed by atoms with Gasteiger partial charge >= 0.3 is 0 Å². The molecule has 1 saturated heterocycles. The summed E-state index contributed by atoms with van der Waals surface area (Å²) in [5.41, 5.74) is 0.481. The van der Waals surface area contributed by atoms with Gasteiger partial charge in [-0.15, -0.1) is 0 Å². The molecular weight excluding hydrogens is 258 g/mol. The number of benzene rings is 1. The van der Waals surface area contributed by atoms with Crippen molar-refractivity contribution in [3.8, 4) is 0 Å². The molecule has 1 aromatic carbocycles. The molecule has 20 heavy (non-hydrogen) atoms. The number of aliphatic hydroxyl groups is 1. The van der Waals surface area contributed by atoms with Gasteiger partial charge in [-0.05, 0) is 18.4 Å². The standard InChI is InChI=1S/C15H21NO4/c17-12-15(6-8-19-9-7-15)16-14(18)11-20-10-13-4-2-1-3-5-13/h1-5,17H,6-12H2,(H,16,18). The van der Waals surface area contributed by atoms with E-state index in [1.54, 1.807) is 0 Å². The van der Waals surface area contributed by atoms with Crippen LogP contribution in [0.5, 0.6) is 0 Å². The van der Waals surface area contributed by atoms with Crippen molar-refractivity contribution in [1.29, 1.82) is 0 Å². The average molecular weight is 279 g/mol. The van der Waals surface area contributed by atoms with Crippen LogP contribution in [0.2, 0.25) is 0 Å². The monoisotopic (exact) mass is 279 g/mol. The summed E-state index contributed by atoms with van der Waals surface area (Å²) in [5, 5.41) is 12.4. The molecule has 1 aromatic rings. The van der Waals surface area contributed by atoms with Gasteiger partial charge in [-0.3, -0.25) is 4.79 Å². The Balaban J connectivity index is 1.74. The molecule has 5 heteroatoms. The molecule has 0 aliphatic carbocycles. The van der Waals surface area contributed by atoms with Crippen LogP contribution in [-0.4, -0.2) is 43.0 Å². The van der Waals surface area contributed by atoms with Crippen LogP contribution in [0.15, 0.2) is 30.3 Å². The Morgan fingerprint density at radius 3 is 2.65 bits per heavy atom. The molecule has 0 aromatic heterocycles. The van der Waals surface area contributed by atoms with Crippen molar-refractivity contribution in [3.05, 3.63) is 35.9 Å². The number of amides is 1. The van der Waals surface area contributed by atoms with Gasteiger partial charge in [0.1, 0.15) is 6.61 Å². The number of carbonyl (C=O) groups is 1. The van der Waals surface area contributed by atoms with Crippen LogP contribution in [-0.2, 0) is 20.9 Å². The van der Waals surface area contributed by atoms with Crippen LogP contribution in [0.25, 0.3) is 0 Å². The van der Waals surface area contributed by atoms with E-state index in [0.29, 0.717) is 32.7 Å². The maximum Gasteiger partial charge on any atom is 0.246 e. The number of aliphatic hydroxyl groups excluding tert-OH is 1. The van der Waals surface area contributed by atoms with Crippen molar-refractivity contribution in [2.45, 2.75) is 25.0 Å². The van der Waals surface area contributed by atoms with E-state index < -0.39 is 5.54 Å². The predicted octanol–water partition coefficient (Wildman–Crippen LogP) is 0.861. The van der Waals surface area contributed by atoms with Gasteiger partial charge in [-0.25, -0.2) is 0 Å². The van der Waals surface area contributed by atoms with Crippen molar-refractivity contribution < 1.29 is 19.4 Å². The molecule has 1 amide bonds. The number of nitrogens with one attached hydrogen (secondary N) is 1. The maximum absolute atomic E-state index is 11.9. The van der Waals surface area contributed by atoms with Gasteiger partial charge in [0.25, 0.3) is 0 Å². The van der Waals surface area contributed by atoms with E-state index in [9.17, 15) is 9.90 Å². The molecule has 0 radical (unpaired) electrons. The van der Waals surface area contributed by atoms with E-state index in [1.807, 2.05) is 30.3 Å². The third kappa shape index (κ3) is 4.30. The van der Waals surface area contributed by atoms with Crippen molar-refractivity contribution in [2.75, 3.05) is 26.4 Å². The molecule has 2 N–H and O–H groups in total. The molecule has 1 fully saturated rings. The van der Waals surface area contributed by atoms with Gasteiger partial charge in [0, 0.05) is 13.2 Å². The molecule has 110 valence electrons. The summed E-state index contributed by atoms with van der Waals surface area (Å²) >= 11 is 0. The van der Waals surface area contributed by atoms with Gasteiger partial charge in [0.2, 0.25) is 5.91 Å². The van der Waals surface area contributed by atoms with Gasteiger partial charge in [0.15, 0.2) is 0 Å². The normalized spacial score (nSPS) is 17.6. The number of hydrogen-bond acceptors (Lipinski definition) is 4. The second kappa shape index (κ2) is 7.38. The second-order valence-corrected chi connectivity index (χ2v) is 5.08. The number of ether oxygens (including phenoxy) is 2. The van der Waals surface area contributed by atoms with E-state index in [2.05, 4.69) is 5.32 Å². The topological polar surface area (TPSA) is 67.8 Å². The van der Waals surface area contributed by atoms with Gasteiger partial charge in [-0.1, -0.05) is 30.3 Å². The molecule has 1 aliphatic rings. The van der Waals surface area contributed by atoms with Gasteiger partial charge in [0.05, 0.1) is 18.8 Å². The van der Waals surface area contributed by atoms with Crippen LogP contribution < -0.4 is 5.32 Å². The quantitative estimate of drug-likeness (QED) is 0.810. The van der Waals surface area contributed by atoms with Crippen LogP contribution in [0, 0.1) is 0 Å². The van der Waals surface area contributed by atoms with Gasteiger partial charge < -0.3 is 19.9 Å². The fraction of sp³-hybridized carbons (Fsp3) is 0.533. The molecule has 1 heterocycles. The van der Waals surface area contributed by atoms with Gasteiger partial charge in [-0.2, -0.15) is 0 Å². The Bertz CT molecular complexity index is 415. The lowest BCUT2D eigenvalue weighted by Crippen LogP contribution is -2.55. The molecule has 0 saturated carbocycles. The van der Waals surface area contributed by atoms with Crippen LogP contribution in [0.1, 0.15) is 18.4 Å². The van der Waals surface area contributed by atoms with Crippen LogP contribution in [0.3, 0.4) is 0 Å². The molecule has 0 unspecified atom stereocenters. The summed E-state index contributed by atoms with van der Waals surface area (Å²) in [6.45, 7) is 1.46. The SMILES string of the molecule is O=C(COCc1ccccc1)NC1(CO)CCOCC1. The summed E-state index contributed by atoms with van der Waals surface area (Å²) in [5.74, 6) is -0.197. The zero-order valence-electron chi connectivity index (χ0n) is 11.5. The Kier molecular flexibility index (Phi) is 5.52. The zero-order valence-corrected chi connectivity index (χ0v) is 11.5. The van der Waals surface area contributed by atoms with Crippen molar-refractivity contribution in [2.24, 2.45) is 0 Å². The van der Waals surface area contributed by atoms with E-state index >= 15 is 0 Å². The highest BCUT2D eigenvalue weighted by molar-refractivity contribution is 5.78. The predicted molar refractivity (Wildman–Crippen MR) is 74.1 cm³/mol. The number of carbonyl (C=O) groups excluding carboxylic acids is 1. The summed E-state index contributed by atoms with van der Waals surface area (Å²) in [6.07, 6.45) is 1.27. The molecular formula is C15H21NO4. The molecule has 0 spiro atoms. The Labute approximate surface area is 118 Å². The summed E-state index contributed by atoms with van der Waals surface area (Å²) in [4.78, 5) is 11.9. The molecule has 1 aliphatic heterocycles. The maximum atomic E-state index is 11.9. The largest absolute Gasteiger partial charge is 0.394 e. The lowest BCUT2D eigenvalue weighted by molar-refractivity contribution is -0.130. The fourth-order valence-electron chi connectivity index (χ4n) is 2.25. The highest BCUT2D eigenvalue weighted by Gasteiger charge is 2.33. The third-order valence-electron chi connectivity index (χ3n) is 3.50. The van der Waals surface area contributed by atoms with Crippen molar-refractivity contribution >= 4 is 5.91 Å². The van der Waals surface area contributed by atoms with Crippen LogP contribution >= 0.6 is 0 Å². The Morgan fingerprint density at radius 1 is 1.30 bits per heavy atom. The Hall–Kier alpha value is -1.43. The Morgan fingerprint density at radius 2 is 2.00 bits per heavy atom. The third-order valence-corrected chi connectivity index (χ3v) is 3.50. The van der Waals surface area contributed by atoms with Crippen molar-refractivity contribution in [3.63, 3.8) is 0 Å². The van der Waals surface area contributed by atoms with E-state index in [4.69, 9.17) is 9.47 Å². The minimum atomic E-state index is -0.550. The van der Waals surface area contributed by atoms with Crippen molar-refractivity contribution in [1.82, 2.24) is 5.32 Å². The average Bonchev–Trinajstić information content (AvgIpc) is 2.49. The zero-order chi connectivity index (χ0) is 14.3. The first-order valence-electron chi connectivity index (χ1n) is 6.85. The summed E-state index contributed by atoms with van der Waals surface area (Å²) in [7, 11) is 0. The molecule has 0 bridgehead atoms. The first-order valence-corrected chi connectivity index (χ1v) is 6.85. The number of rotatable bonds is 6. The summed E-state index contributed by atoms with van der Waals surface area (Å²) < 4.78 is 10.6.